The maximum Gasteiger partial charge on any atom is 0.230 e. The number of thiocarbonyl (C=S) groups is 1. The molecule has 1 aliphatic heterocycles. The number of ether oxygens (including phenoxy) is 3. The van der Waals surface area contributed by atoms with Crippen molar-refractivity contribution in [1.82, 2.24) is 15.2 Å². The first-order valence-corrected chi connectivity index (χ1v) is 14.5. The highest BCUT2D eigenvalue weighted by molar-refractivity contribution is 7.80. The molecule has 230 valence electrons. The van der Waals surface area contributed by atoms with Gasteiger partial charge in [0.25, 0.3) is 0 Å². The standard InChI is InChI=1S/C32H32F2N4O5S/c1-41-29-16-24-26(17-30(29)42-19-23(39)18-38-12-2-3-13-38)35-11-10-27(24)43-28-9-8-22(15-25(28)34)36-32(44)37-31(40)14-20-4-6-21(33)7-5-20/h4-11,15-17,23,39H,2-3,12-14,18-19H2,1H3,(H2,36,37,40,44). The zero-order valence-electron chi connectivity index (χ0n) is 24.0. The summed E-state index contributed by atoms with van der Waals surface area (Å²) in [5, 5.41) is 16.3. The molecule has 5 rings (SSSR count). The van der Waals surface area contributed by atoms with Gasteiger partial charge in [0.1, 0.15) is 24.3 Å². The predicted molar refractivity (Wildman–Crippen MR) is 166 cm³/mol. The SMILES string of the molecule is COc1cc2c(Oc3ccc(NC(=S)NC(=O)Cc4ccc(F)cc4)cc3F)ccnc2cc1OCC(O)CN1CCCC1. The summed E-state index contributed by atoms with van der Waals surface area (Å²) < 4.78 is 45.5. The molecule has 12 heteroatoms. The first-order chi connectivity index (χ1) is 21.3. The average Bonchev–Trinajstić information content (AvgIpc) is 3.51. The molecule has 0 bridgehead atoms. The molecule has 44 heavy (non-hydrogen) atoms. The van der Waals surface area contributed by atoms with E-state index in [1.54, 1.807) is 24.3 Å². The molecule has 1 aliphatic rings. The Morgan fingerprint density at radius 2 is 1.80 bits per heavy atom. The number of methoxy groups -OCH3 is 1. The summed E-state index contributed by atoms with van der Waals surface area (Å²) in [5.41, 5.74) is 1.46. The van der Waals surface area contributed by atoms with Crippen molar-refractivity contribution in [2.75, 3.05) is 38.7 Å². The average molecular weight is 623 g/mol. The fourth-order valence-electron chi connectivity index (χ4n) is 4.89. The second-order valence-corrected chi connectivity index (χ2v) is 10.8. The number of fused-ring (bicyclic) bond motifs is 1. The maximum absolute atomic E-state index is 15.1. The van der Waals surface area contributed by atoms with E-state index in [-0.39, 0.29) is 23.9 Å². The van der Waals surface area contributed by atoms with Gasteiger partial charge in [0.2, 0.25) is 5.91 Å². The number of nitrogens with zero attached hydrogens (tertiary/aromatic N) is 2. The molecule has 0 saturated carbocycles. The third-order valence-corrected chi connectivity index (χ3v) is 7.23. The van der Waals surface area contributed by atoms with Crippen LogP contribution in [0.4, 0.5) is 14.5 Å². The molecule has 0 radical (unpaired) electrons. The van der Waals surface area contributed by atoms with E-state index in [9.17, 15) is 14.3 Å². The van der Waals surface area contributed by atoms with Crippen LogP contribution in [0, 0.1) is 11.6 Å². The zero-order chi connectivity index (χ0) is 31.1. The number of anilines is 1. The number of nitrogens with one attached hydrogen (secondary N) is 2. The fraction of sp³-hybridized carbons (Fsp3) is 0.281. The van der Waals surface area contributed by atoms with Gasteiger partial charge in [0.05, 0.1) is 19.0 Å². The summed E-state index contributed by atoms with van der Waals surface area (Å²) in [6, 6.07) is 14.7. The molecule has 1 aromatic heterocycles. The molecule has 3 N–H and O–H groups in total. The number of aliphatic hydroxyl groups is 1. The Labute approximate surface area is 258 Å². The normalized spacial score (nSPS) is 13.8. The van der Waals surface area contributed by atoms with Crippen LogP contribution in [0.2, 0.25) is 0 Å². The molecule has 1 saturated heterocycles. The number of carbonyl (C=O) groups is 1. The molecule has 1 atom stereocenters. The Hall–Kier alpha value is -4.39. The Bertz CT molecular complexity index is 1630. The highest BCUT2D eigenvalue weighted by atomic mass is 32.1. The monoisotopic (exact) mass is 622 g/mol. The Kier molecular flexibility index (Phi) is 10.2. The summed E-state index contributed by atoms with van der Waals surface area (Å²) in [6.45, 7) is 2.61. The third-order valence-electron chi connectivity index (χ3n) is 7.03. The number of amides is 1. The van der Waals surface area contributed by atoms with Gasteiger partial charge >= 0.3 is 0 Å². The summed E-state index contributed by atoms with van der Waals surface area (Å²) in [6.07, 6.45) is 3.17. The molecular weight excluding hydrogens is 590 g/mol. The van der Waals surface area contributed by atoms with Gasteiger partial charge in [-0.3, -0.25) is 9.78 Å². The van der Waals surface area contributed by atoms with Crippen molar-refractivity contribution in [3.63, 3.8) is 0 Å². The molecule has 0 aliphatic carbocycles. The topological polar surface area (TPSA) is 105 Å². The molecule has 1 fully saturated rings. The molecule has 1 unspecified atom stereocenters. The van der Waals surface area contributed by atoms with E-state index in [1.165, 1.54) is 49.7 Å². The van der Waals surface area contributed by atoms with Crippen molar-refractivity contribution in [2.45, 2.75) is 25.4 Å². The van der Waals surface area contributed by atoms with E-state index < -0.39 is 23.6 Å². The smallest absolute Gasteiger partial charge is 0.230 e. The number of halogens is 2. The number of aromatic nitrogens is 1. The number of hydrogen-bond donors (Lipinski definition) is 3. The number of aliphatic hydroxyl groups excluding tert-OH is 1. The van der Waals surface area contributed by atoms with Crippen molar-refractivity contribution in [2.24, 2.45) is 0 Å². The summed E-state index contributed by atoms with van der Waals surface area (Å²) in [5.74, 6) is -0.320. The number of β-amino-alcohol motifs (C(OH)–C–C–N with tert-alkyl or cyclic N) is 1. The van der Waals surface area contributed by atoms with Crippen molar-refractivity contribution in [1.29, 1.82) is 0 Å². The highest BCUT2D eigenvalue weighted by Crippen LogP contribution is 2.38. The van der Waals surface area contributed by atoms with E-state index in [1.807, 2.05) is 0 Å². The second-order valence-electron chi connectivity index (χ2n) is 10.4. The van der Waals surface area contributed by atoms with Crippen LogP contribution in [0.5, 0.6) is 23.0 Å². The first-order valence-electron chi connectivity index (χ1n) is 14.1. The van der Waals surface area contributed by atoms with Gasteiger partial charge in [-0.25, -0.2) is 8.78 Å². The minimum Gasteiger partial charge on any atom is -0.493 e. The highest BCUT2D eigenvalue weighted by Gasteiger charge is 2.18. The molecular formula is C32H32F2N4O5S. The summed E-state index contributed by atoms with van der Waals surface area (Å²) in [4.78, 5) is 18.9. The fourth-order valence-corrected chi connectivity index (χ4v) is 5.12. The van der Waals surface area contributed by atoms with Crippen LogP contribution in [0.1, 0.15) is 18.4 Å². The number of likely N-dealkylation sites (tertiary alicyclic amines) is 1. The molecule has 3 aromatic carbocycles. The van der Waals surface area contributed by atoms with Gasteiger partial charge in [-0.15, -0.1) is 0 Å². The number of benzene rings is 3. The van der Waals surface area contributed by atoms with Gasteiger partial charge in [-0.1, -0.05) is 12.1 Å². The lowest BCUT2D eigenvalue weighted by atomic mass is 10.1. The largest absolute Gasteiger partial charge is 0.493 e. The quantitative estimate of drug-likeness (QED) is 0.195. The van der Waals surface area contributed by atoms with Crippen LogP contribution >= 0.6 is 12.2 Å². The van der Waals surface area contributed by atoms with E-state index in [2.05, 4.69) is 20.5 Å². The lowest BCUT2D eigenvalue weighted by Crippen LogP contribution is -2.35. The molecule has 0 spiro atoms. The van der Waals surface area contributed by atoms with Crippen LogP contribution in [0.3, 0.4) is 0 Å². The molecule has 1 amide bonds. The molecule has 2 heterocycles. The van der Waals surface area contributed by atoms with Crippen LogP contribution in [0.15, 0.2) is 66.9 Å². The van der Waals surface area contributed by atoms with E-state index in [0.29, 0.717) is 45.9 Å². The number of carbonyl (C=O) groups excluding carboxylic acids is 1. The van der Waals surface area contributed by atoms with E-state index in [0.717, 1.165) is 25.9 Å². The first kappa shape index (κ1) is 31.0. The minimum absolute atomic E-state index is 0.00221. The lowest BCUT2D eigenvalue weighted by molar-refractivity contribution is -0.119. The minimum atomic E-state index is -0.667. The van der Waals surface area contributed by atoms with Crippen LogP contribution in [-0.4, -0.2) is 65.5 Å². The van der Waals surface area contributed by atoms with Crippen molar-refractivity contribution < 1.29 is 32.9 Å². The Morgan fingerprint density at radius 1 is 1.02 bits per heavy atom. The Balaban J connectivity index is 1.22. The van der Waals surface area contributed by atoms with Crippen molar-refractivity contribution in [3.05, 3.63) is 84.1 Å². The second kappa shape index (κ2) is 14.4. The van der Waals surface area contributed by atoms with Gasteiger partial charge in [-0.2, -0.15) is 0 Å². The van der Waals surface area contributed by atoms with E-state index in [4.69, 9.17) is 26.4 Å². The number of rotatable bonds is 11. The number of pyridine rings is 1. The number of hydrogen-bond acceptors (Lipinski definition) is 8. The van der Waals surface area contributed by atoms with Crippen molar-refractivity contribution >= 4 is 39.8 Å². The van der Waals surface area contributed by atoms with Crippen LogP contribution in [0.25, 0.3) is 10.9 Å². The lowest BCUT2D eigenvalue weighted by Gasteiger charge is -2.20. The summed E-state index contributed by atoms with van der Waals surface area (Å²) in [7, 11) is 1.51. The van der Waals surface area contributed by atoms with Crippen LogP contribution < -0.4 is 24.8 Å². The van der Waals surface area contributed by atoms with E-state index >= 15 is 4.39 Å². The third kappa shape index (κ3) is 8.16. The van der Waals surface area contributed by atoms with Gasteiger partial charge in [0, 0.05) is 35.9 Å². The zero-order valence-corrected chi connectivity index (χ0v) is 24.8. The van der Waals surface area contributed by atoms with Gasteiger partial charge < -0.3 is 34.9 Å². The van der Waals surface area contributed by atoms with Gasteiger partial charge in [0.15, 0.2) is 28.2 Å². The predicted octanol–water partition coefficient (Wildman–Crippen LogP) is 5.21. The summed E-state index contributed by atoms with van der Waals surface area (Å²) >= 11 is 5.18. The molecule has 9 nitrogen and oxygen atoms in total. The molecule has 4 aromatic rings. The van der Waals surface area contributed by atoms with Crippen LogP contribution in [-0.2, 0) is 11.2 Å². The van der Waals surface area contributed by atoms with Crippen molar-refractivity contribution in [3.8, 4) is 23.0 Å². The maximum atomic E-state index is 15.1. The Morgan fingerprint density at radius 3 is 2.52 bits per heavy atom. The van der Waals surface area contributed by atoms with Gasteiger partial charge in [-0.05, 0) is 80.1 Å².